The van der Waals surface area contributed by atoms with E-state index in [0.717, 1.165) is 16.9 Å². The van der Waals surface area contributed by atoms with Crippen LogP contribution in [0.3, 0.4) is 0 Å². The average Bonchev–Trinajstić information content (AvgIpc) is 2.65. The molecule has 3 nitrogen and oxygen atoms in total. The number of nitrogen functional groups attached to an aromatic ring is 1. The molecule has 0 unspecified atom stereocenters. The van der Waals surface area contributed by atoms with E-state index in [9.17, 15) is 13.2 Å². The zero-order valence-corrected chi connectivity index (χ0v) is 13.0. The van der Waals surface area contributed by atoms with E-state index in [1.54, 1.807) is 12.1 Å². The summed E-state index contributed by atoms with van der Waals surface area (Å²) >= 11 is -0.0105. The summed E-state index contributed by atoms with van der Waals surface area (Å²) in [6.45, 7) is 6.23. The Hall–Kier alpha value is -1.37. The third kappa shape index (κ3) is 3.84. The monoisotopic (exact) mass is 317 g/mol. The molecule has 1 aromatic heterocycles. The number of alkyl halides is 3. The lowest BCUT2D eigenvalue weighted by molar-refractivity contribution is -0.0328. The summed E-state index contributed by atoms with van der Waals surface area (Å²) in [5, 5.41) is 0. The first-order chi connectivity index (χ1) is 9.58. The van der Waals surface area contributed by atoms with Gasteiger partial charge in [0.25, 0.3) is 0 Å². The predicted molar refractivity (Wildman–Crippen MR) is 81.4 cm³/mol. The van der Waals surface area contributed by atoms with Crippen LogP contribution in [0, 0.1) is 0 Å². The summed E-state index contributed by atoms with van der Waals surface area (Å²) in [4.78, 5) is 4.55. The number of aromatic nitrogens is 2. The van der Waals surface area contributed by atoms with Crippen molar-refractivity contribution in [1.82, 2.24) is 9.55 Å². The van der Waals surface area contributed by atoms with Gasteiger partial charge in [-0.1, -0.05) is 20.8 Å². The Bertz CT molecular complexity index is 641. The molecule has 1 aromatic carbocycles. The largest absolute Gasteiger partial charge is 0.441 e. The van der Waals surface area contributed by atoms with Crippen molar-refractivity contribution in [3.8, 4) is 0 Å². The number of imidazole rings is 1. The molecule has 2 N–H and O–H groups in total. The van der Waals surface area contributed by atoms with E-state index in [2.05, 4.69) is 4.98 Å². The molecule has 21 heavy (non-hydrogen) atoms. The Kier molecular flexibility index (Phi) is 4.15. The topological polar surface area (TPSA) is 43.8 Å². The summed E-state index contributed by atoms with van der Waals surface area (Å²) in [6, 6.07) is 5.30. The van der Waals surface area contributed by atoms with Gasteiger partial charge in [0, 0.05) is 23.4 Å². The van der Waals surface area contributed by atoms with Crippen molar-refractivity contribution < 1.29 is 13.2 Å². The van der Waals surface area contributed by atoms with Crippen LogP contribution in [0.4, 0.5) is 18.9 Å². The van der Waals surface area contributed by atoms with Gasteiger partial charge in [0.15, 0.2) is 0 Å². The van der Waals surface area contributed by atoms with Crippen molar-refractivity contribution in [1.29, 1.82) is 0 Å². The maximum atomic E-state index is 12.3. The Morgan fingerprint density at radius 2 is 1.90 bits per heavy atom. The Morgan fingerprint density at radius 1 is 1.24 bits per heavy atom. The van der Waals surface area contributed by atoms with Gasteiger partial charge in [-0.2, -0.15) is 13.2 Å². The fourth-order valence-electron chi connectivity index (χ4n) is 2.20. The molecular formula is C14H18F3N3S. The number of anilines is 1. The zero-order valence-electron chi connectivity index (χ0n) is 12.2. The van der Waals surface area contributed by atoms with Crippen LogP contribution in [-0.4, -0.2) is 20.8 Å². The number of thioether (sulfide) groups is 1. The minimum atomic E-state index is -4.21. The van der Waals surface area contributed by atoms with Crippen LogP contribution < -0.4 is 5.73 Å². The van der Waals surface area contributed by atoms with Gasteiger partial charge in [0.05, 0.1) is 11.0 Å². The lowest BCUT2D eigenvalue weighted by Gasteiger charge is -2.20. The smallest absolute Gasteiger partial charge is 0.399 e. The standard InChI is InChI=1S/C14H18F3N3S/c1-13(2,3)12-19-10-8-9(18)4-5-11(10)20(12)6-7-21-14(15,16)17/h4-5,8H,6-7,18H2,1-3H3. The summed E-state index contributed by atoms with van der Waals surface area (Å²) in [7, 11) is 0. The molecule has 0 amide bonds. The molecule has 0 atom stereocenters. The van der Waals surface area contributed by atoms with Gasteiger partial charge < -0.3 is 10.3 Å². The normalized spacial score (nSPS) is 13.0. The third-order valence-corrected chi connectivity index (χ3v) is 3.74. The van der Waals surface area contributed by atoms with E-state index in [0.29, 0.717) is 5.69 Å². The van der Waals surface area contributed by atoms with Gasteiger partial charge in [0.2, 0.25) is 0 Å². The van der Waals surface area contributed by atoms with Crippen LogP contribution in [-0.2, 0) is 12.0 Å². The van der Waals surface area contributed by atoms with Crippen LogP contribution >= 0.6 is 11.8 Å². The number of fused-ring (bicyclic) bond motifs is 1. The molecule has 0 saturated heterocycles. The molecule has 7 heteroatoms. The van der Waals surface area contributed by atoms with Crippen LogP contribution in [0.5, 0.6) is 0 Å². The molecule has 116 valence electrons. The maximum absolute atomic E-state index is 12.3. The fourth-order valence-corrected chi connectivity index (χ4v) is 2.70. The Balaban J connectivity index is 2.39. The number of hydrogen-bond acceptors (Lipinski definition) is 3. The third-order valence-electron chi connectivity index (χ3n) is 3.02. The second-order valence-corrected chi connectivity index (χ2v) is 7.04. The van der Waals surface area contributed by atoms with E-state index in [-0.39, 0.29) is 29.5 Å². The molecule has 0 aliphatic carbocycles. The number of halogens is 3. The molecule has 0 spiro atoms. The zero-order chi connectivity index (χ0) is 15.8. The number of rotatable bonds is 3. The van der Waals surface area contributed by atoms with Crippen LogP contribution in [0.2, 0.25) is 0 Å². The quantitative estimate of drug-likeness (QED) is 0.864. The van der Waals surface area contributed by atoms with Gasteiger partial charge in [-0.15, -0.1) is 0 Å². The Labute approximate surface area is 125 Å². The number of nitrogens with two attached hydrogens (primary N) is 1. The van der Waals surface area contributed by atoms with Crippen molar-refractivity contribution in [2.24, 2.45) is 0 Å². The Morgan fingerprint density at radius 3 is 2.48 bits per heavy atom. The van der Waals surface area contributed by atoms with E-state index in [1.807, 2.05) is 31.4 Å². The maximum Gasteiger partial charge on any atom is 0.441 e. The first-order valence-electron chi connectivity index (χ1n) is 6.55. The van der Waals surface area contributed by atoms with Gasteiger partial charge in [0.1, 0.15) is 5.82 Å². The molecular weight excluding hydrogens is 299 g/mol. The summed E-state index contributed by atoms with van der Waals surface area (Å²) < 4.78 is 38.8. The van der Waals surface area contributed by atoms with E-state index in [1.165, 1.54) is 0 Å². The van der Waals surface area contributed by atoms with Crippen molar-refractivity contribution in [3.63, 3.8) is 0 Å². The minimum Gasteiger partial charge on any atom is -0.399 e. The summed E-state index contributed by atoms with van der Waals surface area (Å²) in [6.07, 6.45) is 0. The molecule has 2 rings (SSSR count). The highest BCUT2D eigenvalue weighted by Crippen LogP contribution is 2.32. The molecule has 0 radical (unpaired) electrons. The molecule has 2 aromatic rings. The molecule has 0 aliphatic rings. The molecule has 0 fully saturated rings. The number of nitrogens with zero attached hydrogens (tertiary/aromatic N) is 2. The van der Waals surface area contributed by atoms with Crippen LogP contribution in [0.25, 0.3) is 11.0 Å². The first kappa shape index (κ1) is 16.0. The first-order valence-corrected chi connectivity index (χ1v) is 7.53. The minimum absolute atomic E-state index is 0.0105. The van der Waals surface area contributed by atoms with Crippen LogP contribution in [0.15, 0.2) is 18.2 Å². The molecule has 0 saturated carbocycles. The van der Waals surface area contributed by atoms with E-state index in [4.69, 9.17) is 5.73 Å². The molecule has 0 aliphatic heterocycles. The number of aryl methyl sites for hydroxylation is 1. The second-order valence-electron chi connectivity index (χ2n) is 5.88. The lowest BCUT2D eigenvalue weighted by atomic mass is 9.96. The highest BCUT2D eigenvalue weighted by atomic mass is 32.2. The van der Waals surface area contributed by atoms with E-state index < -0.39 is 5.51 Å². The van der Waals surface area contributed by atoms with Crippen molar-refractivity contribution in [3.05, 3.63) is 24.0 Å². The fraction of sp³-hybridized carbons (Fsp3) is 0.500. The highest BCUT2D eigenvalue weighted by Gasteiger charge is 2.28. The second kappa shape index (κ2) is 5.44. The predicted octanol–water partition coefficient (Wildman–Crippen LogP) is 4.17. The van der Waals surface area contributed by atoms with Crippen molar-refractivity contribution in [2.45, 2.75) is 38.2 Å². The van der Waals surface area contributed by atoms with Crippen molar-refractivity contribution >= 4 is 28.5 Å². The van der Waals surface area contributed by atoms with Gasteiger partial charge >= 0.3 is 5.51 Å². The number of benzene rings is 1. The van der Waals surface area contributed by atoms with Crippen LogP contribution in [0.1, 0.15) is 26.6 Å². The average molecular weight is 317 g/mol. The number of hydrogen-bond donors (Lipinski definition) is 1. The lowest BCUT2D eigenvalue weighted by Crippen LogP contribution is -2.20. The van der Waals surface area contributed by atoms with Crippen molar-refractivity contribution in [2.75, 3.05) is 11.5 Å². The summed E-state index contributed by atoms with van der Waals surface area (Å²) in [5.74, 6) is 0.730. The molecule has 1 heterocycles. The summed E-state index contributed by atoms with van der Waals surface area (Å²) in [5.41, 5.74) is 3.42. The SMILES string of the molecule is CC(C)(C)c1nc2cc(N)ccc2n1CCSC(F)(F)F. The van der Waals surface area contributed by atoms with Gasteiger partial charge in [-0.05, 0) is 30.0 Å². The van der Waals surface area contributed by atoms with Gasteiger partial charge in [-0.25, -0.2) is 4.98 Å². The van der Waals surface area contributed by atoms with E-state index >= 15 is 0 Å². The molecule has 0 bridgehead atoms. The highest BCUT2D eigenvalue weighted by molar-refractivity contribution is 8.00. The van der Waals surface area contributed by atoms with Gasteiger partial charge in [-0.3, -0.25) is 0 Å².